The summed E-state index contributed by atoms with van der Waals surface area (Å²) in [5.74, 6) is -7.11. The van der Waals surface area contributed by atoms with E-state index in [1.807, 2.05) is 50.2 Å². The Balaban J connectivity index is 1.31. The smallest absolute Gasteiger partial charge is 0.290 e. The zero-order chi connectivity index (χ0) is 51.3. The van der Waals surface area contributed by atoms with E-state index in [1.165, 1.54) is 4.90 Å². The second-order valence-electron chi connectivity index (χ2n) is 19.5. The average molecular weight is 984 g/mol. The maximum absolute atomic E-state index is 15.1. The molecule has 2 aliphatic carbocycles. The Hall–Kier alpha value is -5.97. The first-order chi connectivity index (χ1) is 34.3. The minimum absolute atomic E-state index is 0.0303. The molecule has 0 spiro atoms. The highest BCUT2D eigenvalue weighted by atomic mass is 16.5. The summed E-state index contributed by atoms with van der Waals surface area (Å²) in [6.45, 7) is 5.23. The quantitative estimate of drug-likeness (QED) is 0.0530. The molecule has 0 bridgehead atoms. The van der Waals surface area contributed by atoms with Gasteiger partial charge in [-0.15, -0.1) is 0 Å². The Labute approximate surface area is 418 Å². The van der Waals surface area contributed by atoms with Gasteiger partial charge in [0.2, 0.25) is 41.2 Å². The van der Waals surface area contributed by atoms with Crippen LogP contribution in [-0.2, 0) is 49.7 Å². The molecular formula is C54H77N7O10. The van der Waals surface area contributed by atoms with Crippen molar-refractivity contribution in [2.45, 2.75) is 179 Å². The number of primary amides is 1. The summed E-state index contributed by atoms with van der Waals surface area (Å²) in [5.41, 5.74) is 6.95. The van der Waals surface area contributed by atoms with Crippen molar-refractivity contribution in [1.82, 2.24) is 31.5 Å². The van der Waals surface area contributed by atoms with E-state index in [1.54, 1.807) is 31.2 Å². The van der Waals surface area contributed by atoms with Crippen molar-refractivity contribution in [2.24, 2.45) is 23.5 Å². The predicted octanol–water partition coefficient (Wildman–Crippen LogP) is 4.73. The molecule has 5 unspecified atom stereocenters. The first-order valence-corrected chi connectivity index (χ1v) is 26.1. The number of hydrogen-bond donors (Lipinski definition) is 6. The van der Waals surface area contributed by atoms with Crippen molar-refractivity contribution < 1.29 is 47.9 Å². The molecule has 17 heteroatoms. The first-order valence-electron chi connectivity index (χ1n) is 26.1. The van der Waals surface area contributed by atoms with Gasteiger partial charge in [-0.05, 0) is 56.4 Å². The monoisotopic (exact) mass is 984 g/mol. The van der Waals surface area contributed by atoms with Gasteiger partial charge in [-0.25, -0.2) is 0 Å². The number of rotatable bonds is 27. The molecule has 5 rings (SSSR count). The SMILES string of the molecule is CCCCC(NC(=O)C(CCCC)NC(=O)CNC(=O)C(=O)C(CCC)NC(=O)C1C[C@@H](OCc2ccccc2)CN1C(=O)C(NC(=O)[C@H]1CCCC[C@H]1C(=O)c1ccccc1)C1CCCCC1)C(N)=O. The summed E-state index contributed by atoms with van der Waals surface area (Å²) < 4.78 is 6.32. The summed E-state index contributed by atoms with van der Waals surface area (Å²) in [4.78, 5) is 125. The third kappa shape index (κ3) is 16.5. The molecule has 388 valence electrons. The number of nitrogens with zero attached hydrogens (tertiary/aromatic N) is 1. The zero-order valence-electron chi connectivity index (χ0n) is 41.9. The van der Waals surface area contributed by atoms with Gasteiger partial charge in [0, 0.05) is 30.4 Å². The number of Topliss-reactive ketones (excluding diaryl/α,β-unsaturated/α-hetero) is 2. The highest BCUT2D eigenvalue weighted by molar-refractivity contribution is 6.38. The molecule has 0 aromatic heterocycles. The lowest BCUT2D eigenvalue weighted by atomic mass is 9.74. The van der Waals surface area contributed by atoms with Crippen LogP contribution in [0.1, 0.15) is 152 Å². The van der Waals surface area contributed by atoms with Crippen LogP contribution < -0.4 is 32.3 Å². The summed E-state index contributed by atoms with van der Waals surface area (Å²) in [6.07, 6.45) is 10.0. The normalized spacial score (nSPS) is 20.9. The molecule has 2 aromatic rings. The fourth-order valence-corrected chi connectivity index (χ4v) is 10.2. The Bertz CT molecular complexity index is 2120. The lowest BCUT2D eigenvalue weighted by molar-refractivity contribution is -0.145. The van der Waals surface area contributed by atoms with E-state index < -0.39 is 95.9 Å². The minimum Gasteiger partial charge on any atom is -0.372 e. The molecule has 1 saturated heterocycles. The maximum Gasteiger partial charge on any atom is 0.290 e. The van der Waals surface area contributed by atoms with Crippen molar-refractivity contribution in [3.63, 3.8) is 0 Å². The molecular weight excluding hydrogens is 907 g/mol. The van der Waals surface area contributed by atoms with Crippen LogP contribution in [0.4, 0.5) is 0 Å². The number of carbonyl (C=O) groups excluding carboxylic acids is 9. The molecule has 3 fully saturated rings. The van der Waals surface area contributed by atoms with Crippen LogP contribution in [0.2, 0.25) is 0 Å². The Morgan fingerprint density at radius 1 is 0.662 bits per heavy atom. The lowest BCUT2D eigenvalue weighted by Gasteiger charge is -2.37. The van der Waals surface area contributed by atoms with Crippen LogP contribution in [-0.4, -0.2) is 107 Å². The Morgan fingerprint density at radius 3 is 1.92 bits per heavy atom. The van der Waals surface area contributed by atoms with Gasteiger partial charge < -0.3 is 42.0 Å². The van der Waals surface area contributed by atoms with E-state index in [-0.39, 0.29) is 50.0 Å². The molecule has 0 radical (unpaired) electrons. The molecule has 1 aliphatic heterocycles. The number of ether oxygens (including phenoxy) is 1. The first kappa shape index (κ1) is 56.0. The van der Waals surface area contributed by atoms with E-state index >= 15 is 4.79 Å². The molecule has 71 heavy (non-hydrogen) atoms. The summed E-state index contributed by atoms with van der Waals surface area (Å²) in [6, 6.07) is 13.1. The van der Waals surface area contributed by atoms with Crippen molar-refractivity contribution in [2.75, 3.05) is 13.1 Å². The number of carbonyl (C=O) groups is 9. The van der Waals surface area contributed by atoms with Crippen LogP contribution in [0.15, 0.2) is 60.7 Å². The maximum atomic E-state index is 15.1. The van der Waals surface area contributed by atoms with Gasteiger partial charge in [0.05, 0.1) is 25.3 Å². The highest BCUT2D eigenvalue weighted by Gasteiger charge is 2.46. The van der Waals surface area contributed by atoms with Gasteiger partial charge in [-0.3, -0.25) is 43.2 Å². The molecule has 1 heterocycles. The van der Waals surface area contributed by atoms with Crippen LogP contribution in [0.5, 0.6) is 0 Å². The number of likely N-dealkylation sites (tertiary alicyclic amines) is 1. The number of hydrogen-bond acceptors (Lipinski definition) is 10. The van der Waals surface area contributed by atoms with Crippen LogP contribution in [0.3, 0.4) is 0 Å². The molecule has 2 saturated carbocycles. The standard InChI is InChI=1S/C54H77N7O10/c1-4-7-29-42(49(55)65)59-51(67)43(30-8-5-2)57-45(62)32-56-53(69)48(64)41(20-6-3)58-52(68)44-31-38(71-34-35-21-12-9-13-22-35)33-61(44)54(70)46(36-23-14-10-15-24-36)60-50(66)40-28-19-18-27-39(40)47(63)37-25-16-11-17-26-37/h9,11-13,16-17,21-22,25-26,36,38-44,46H,4-8,10,14-15,18-20,23-24,27-34H2,1-3H3,(H2,55,65)(H,56,69)(H,57,62)(H,58,68)(H,59,67)(H,60,66)/t38-,39-,40+,41?,42?,43?,44?,46?/m1/s1. The number of amides is 7. The largest absolute Gasteiger partial charge is 0.372 e. The fraction of sp³-hybridized carbons (Fsp3) is 0.611. The van der Waals surface area contributed by atoms with E-state index in [0.29, 0.717) is 56.9 Å². The third-order valence-corrected chi connectivity index (χ3v) is 14.2. The zero-order valence-corrected chi connectivity index (χ0v) is 41.9. The van der Waals surface area contributed by atoms with Crippen molar-refractivity contribution in [1.29, 1.82) is 0 Å². The van der Waals surface area contributed by atoms with Gasteiger partial charge in [-0.2, -0.15) is 0 Å². The van der Waals surface area contributed by atoms with Crippen LogP contribution in [0.25, 0.3) is 0 Å². The summed E-state index contributed by atoms with van der Waals surface area (Å²) in [5, 5.41) is 13.4. The number of benzene rings is 2. The number of ketones is 2. The highest BCUT2D eigenvalue weighted by Crippen LogP contribution is 2.35. The van der Waals surface area contributed by atoms with Gasteiger partial charge in [0.15, 0.2) is 5.78 Å². The molecule has 17 nitrogen and oxygen atoms in total. The van der Waals surface area contributed by atoms with E-state index in [0.717, 1.165) is 50.5 Å². The van der Waals surface area contributed by atoms with Gasteiger partial charge in [0.25, 0.3) is 5.91 Å². The van der Waals surface area contributed by atoms with Crippen LogP contribution in [0, 0.1) is 17.8 Å². The summed E-state index contributed by atoms with van der Waals surface area (Å²) >= 11 is 0. The molecule has 7 amide bonds. The van der Waals surface area contributed by atoms with E-state index in [4.69, 9.17) is 10.5 Å². The predicted molar refractivity (Wildman–Crippen MR) is 267 cm³/mol. The van der Waals surface area contributed by atoms with E-state index in [9.17, 15) is 38.4 Å². The molecule has 2 aromatic carbocycles. The molecule has 3 aliphatic rings. The second kappa shape index (κ2) is 28.8. The fourth-order valence-electron chi connectivity index (χ4n) is 10.2. The number of unbranched alkanes of at least 4 members (excludes halogenated alkanes) is 2. The van der Waals surface area contributed by atoms with Crippen molar-refractivity contribution >= 4 is 52.9 Å². The van der Waals surface area contributed by atoms with Crippen molar-refractivity contribution in [3.05, 3.63) is 71.8 Å². The third-order valence-electron chi connectivity index (χ3n) is 14.2. The Kier molecular flexibility index (Phi) is 22.7. The molecule has 8 atom stereocenters. The lowest BCUT2D eigenvalue weighted by Crippen LogP contribution is -2.59. The van der Waals surface area contributed by atoms with Gasteiger partial charge in [0.1, 0.15) is 24.2 Å². The second-order valence-corrected chi connectivity index (χ2v) is 19.5. The van der Waals surface area contributed by atoms with Gasteiger partial charge in [-0.1, -0.05) is 146 Å². The minimum atomic E-state index is -1.31. The topological polar surface area (TPSA) is 252 Å². The van der Waals surface area contributed by atoms with E-state index in [2.05, 4.69) is 26.6 Å². The Morgan fingerprint density at radius 2 is 1.28 bits per heavy atom. The number of nitrogens with one attached hydrogen (secondary N) is 5. The van der Waals surface area contributed by atoms with Gasteiger partial charge >= 0.3 is 0 Å². The summed E-state index contributed by atoms with van der Waals surface area (Å²) in [7, 11) is 0. The number of nitrogens with two attached hydrogens (primary N) is 1. The van der Waals surface area contributed by atoms with Crippen molar-refractivity contribution in [3.8, 4) is 0 Å². The van der Waals surface area contributed by atoms with Crippen LogP contribution >= 0.6 is 0 Å². The molecule has 7 N–H and O–H groups in total. The average Bonchev–Trinajstić information content (AvgIpc) is 3.83.